The highest BCUT2D eigenvalue weighted by molar-refractivity contribution is 9.10. The Morgan fingerprint density at radius 3 is 2.42 bits per heavy atom. The number of hydrogen-bond donors (Lipinski definition) is 2. The number of benzene rings is 2. The number of rotatable bonds is 6. The van der Waals surface area contributed by atoms with Gasteiger partial charge in [-0.2, -0.15) is 4.98 Å². The average Bonchev–Trinajstić information content (AvgIpc) is 2.77. The fourth-order valence-corrected chi connectivity index (χ4v) is 5.46. The molecule has 0 aliphatic carbocycles. The molecule has 2 aromatic carbocycles. The summed E-state index contributed by atoms with van der Waals surface area (Å²) < 4.78 is 24.8. The van der Waals surface area contributed by atoms with Crippen molar-refractivity contribution in [3.63, 3.8) is 0 Å². The number of aryl methyl sites for hydroxylation is 2. The monoisotopic (exact) mass is 529 g/mol. The predicted molar refractivity (Wildman–Crippen MR) is 137 cm³/mol. The molecule has 3 aromatic rings. The van der Waals surface area contributed by atoms with Crippen molar-refractivity contribution in [1.82, 2.24) is 9.97 Å². The first kappa shape index (κ1) is 23.5. The molecule has 0 bridgehead atoms. The molecule has 4 rings (SSSR count). The third-order valence-electron chi connectivity index (χ3n) is 5.85. The van der Waals surface area contributed by atoms with Crippen LogP contribution in [-0.4, -0.2) is 43.8 Å². The van der Waals surface area contributed by atoms with E-state index in [0.717, 1.165) is 58.7 Å². The fourth-order valence-electron chi connectivity index (χ4n) is 4.11. The molecule has 0 atom stereocenters. The highest BCUT2D eigenvalue weighted by atomic mass is 79.9. The summed E-state index contributed by atoms with van der Waals surface area (Å²) in [6.07, 6.45) is 4.82. The topological polar surface area (TPSA) is 87.2 Å². The standard InChI is InChI=1S/C24H28BrN5O2S/c1-16-13-18(25)14-17(2)23(16)28-22-7-10-26-24(29-22)27-19-8-11-30(12-9-19)20-5-4-6-21(15-20)33(3,31)32/h4-7,10,13-15,19H,8-9,11-12H2,1-3H3,(H2,26,27,28,29). The summed E-state index contributed by atoms with van der Waals surface area (Å²) in [5, 5.41) is 6.88. The van der Waals surface area contributed by atoms with Crippen molar-refractivity contribution in [1.29, 1.82) is 0 Å². The Balaban J connectivity index is 1.39. The van der Waals surface area contributed by atoms with Crippen molar-refractivity contribution in [3.05, 3.63) is 64.3 Å². The van der Waals surface area contributed by atoms with E-state index in [1.165, 1.54) is 6.26 Å². The van der Waals surface area contributed by atoms with E-state index >= 15 is 0 Å². The molecular formula is C24H28BrN5O2S. The lowest BCUT2D eigenvalue weighted by Gasteiger charge is -2.34. The van der Waals surface area contributed by atoms with E-state index in [1.54, 1.807) is 24.4 Å². The second-order valence-corrected chi connectivity index (χ2v) is 11.4. The number of hydrogen-bond acceptors (Lipinski definition) is 7. The van der Waals surface area contributed by atoms with Gasteiger partial charge in [0.1, 0.15) is 5.82 Å². The van der Waals surface area contributed by atoms with Gasteiger partial charge in [0.2, 0.25) is 5.95 Å². The van der Waals surface area contributed by atoms with E-state index in [4.69, 9.17) is 0 Å². The first-order valence-electron chi connectivity index (χ1n) is 10.9. The third-order valence-corrected chi connectivity index (χ3v) is 7.41. The van der Waals surface area contributed by atoms with Crippen LogP contribution in [0.3, 0.4) is 0 Å². The Labute approximate surface area is 203 Å². The zero-order chi connectivity index (χ0) is 23.6. The lowest BCUT2D eigenvalue weighted by molar-refractivity contribution is 0.524. The van der Waals surface area contributed by atoms with Gasteiger partial charge in [-0.3, -0.25) is 0 Å². The molecule has 1 aromatic heterocycles. The molecular weight excluding hydrogens is 502 g/mol. The van der Waals surface area contributed by atoms with Crippen molar-refractivity contribution in [2.75, 3.05) is 34.9 Å². The molecule has 2 heterocycles. The SMILES string of the molecule is Cc1cc(Br)cc(C)c1Nc1ccnc(NC2CCN(c3cccc(S(C)(=O)=O)c3)CC2)n1. The van der Waals surface area contributed by atoms with Crippen LogP contribution in [0.1, 0.15) is 24.0 Å². The normalized spacial score (nSPS) is 14.8. The predicted octanol–water partition coefficient (Wildman–Crippen LogP) is 5.08. The summed E-state index contributed by atoms with van der Waals surface area (Å²) in [7, 11) is -3.21. The van der Waals surface area contributed by atoms with Crippen LogP contribution in [0.5, 0.6) is 0 Å². The fraction of sp³-hybridized carbons (Fsp3) is 0.333. The second kappa shape index (κ2) is 9.69. The Morgan fingerprint density at radius 1 is 1.06 bits per heavy atom. The molecule has 0 saturated carbocycles. The summed E-state index contributed by atoms with van der Waals surface area (Å²) in [5.41, 5.74) is 4.27. The van der Waals surface area contributed by atoms with Gasteiger partial charge in [0.05, 0.1) is 4.90 Å². The van der Waals surface area contributed by atoms with E-state index in [1.807, 2.05) is 12.1 Å². The van der Waals surface area contributed by atoms with Gasteiger partial charge in [0, 0.05) is 47.4 Å². The van der Waals surface area contributed by atoms with Crippen molar-refractivity contribution < 1.29 is 8.42 Å². The summed E-state index contributed by atoms with van der Waals surface area (Å²) in [4.78, 5) is 11.6. The van der Waals surface area contributed by atoms with Crippen LogP contribution in [0.2, 0.25) is 0 Å². The minimum Gasteiger partial charge on any atom is -0.371 e. The smallest absolute Gasteiger partial charge is 0.224 e. The van der Waals surface area contributed by atoms with E-state index in [0.29, 0.717) is 10.8 Å². The van der Waals surface area contributed by atoms with Gasteiger partial charge >= 0.3 is 0 Å². The Kier molecular flexibility index (Phi) is 6.90. The summed E-state index contributed by atoms with van der Waals surface area (Å²) >= 11 is 3.54. The molecule has 0 unspecified atom stereocenters. The van der Waals surface area contributed by atoms with Crippen molar-refractivity contribution in [2.24, 2.45) is 0 Å². The molecule has 9 heteroatoms. The van der Waals surface area contributed by atoms with Gasteiger partial charge in [-0.1, -0.05) is 22.0 Å². The Bertz CT molecular complexity index is 1230. The molecule has 1 aliphatic rings. The van der Waals surface area contributed by atoms with Gasteiger partial charge in [-0.05, 0) is 74.2 Å². The molecule has 0 radical (unpaired) electrons. The molecule has 33 heavy (non-hydrogen) atoms. The van der Waals surface area contributed by atoms with Crippen LogP contribution in [0.15, 0.2) is 58.0 Å². The first-order chi connectivity index (χ1) is 15.7. The second-order valence-electron chi connectivity index (χ2n) is 8.48. The lowest BCUT2D eigenvalue weighted by atomic mass is 10.0. The van der Waals surface area contributed by atoms with E-state index in [-0.39, 0.29) is 6.04 Å². The van der Waals surface area contributed by atoms with Crippen molar-refractivity contribution >= 4 is 48.9 Å². The highest BCUT2D eigenvalue weighted by Crippen LogP contribution is 2.28. The molecule has 1 fully saturated rings. The highest BCUT2D eigenvalue weighted by Gasteiger charge is 2.21. The summed E-state index contributed by atoms with van der Waals surface area (Å²) in [6.45, 7) is 5.81. The maximum absolute atomic E-state index is 11.9. The van der Waals surface area contributed by atoms with Crippen LogP contribution < -0.4 is 15.5 Å². The number of piperidine rings is 1. The third kappa shape index (κ3) is 5.83. The number of sulfone groups is 1. The number of nitrogens with one attached hydrogen (secondary N) is 2. The van der Waals surface area contributed by atoms with Crippen LogP contribution >= 0.6 is 15.9 Å². The molecule has 0 spiro atoms. The van der Waals surface area contributed by atoms with Crippen LogP contribution in [0.25, 0.3) is 0 Å². The first-order valence-corrected chi connectivity index (χ1v) is 13.6. The lowest BCUT2D eigenvalue weighted by Crippen LogP contribution is -2.39. The minimum absolute atomic E-state index is 0.255. The van der Waals surface area contributed by atoms with Crippen LogP contribution in [-0.2, 0) is 9.84 Å². The molecule has 0 amide bonds. The van der Waals surface area contributed by atoms with Crippen molar-refractivity contribution in [2.45, 2.75) is 37.6 Å². The zero-order valence-electron chi connectivity index (χ0n) is 19.0. The van der Waals surface area contributed by atoms with E-state index in [2.05, 4.69) is 67.4 Å². The maximum Gasteiger partial charge on any atom is 0.224 e. The number of nitrogens with zero attached hydrogens (tertiary/aromatic N) is 3. The van der Waals surface area contributed by atoms with Crippen LogP contribution in [0.4, 0.5) is 23.1 Å². The maximum atomic E-state index is 11.9. The Hall–Kier alpha value is -2.65. The largest absolute Gasteiger partial charge is 0.371 e. The van der Waals surface area contributed by atoms with Gasteiger partial charge in [0.25, 0.3) is 0 Å². The molecule has 2 N–H and O–H groups in total. The van der Waals surface area contributed by atoms with Gasteiger partial charge in [0.15, 0.2) is 9.84 Å². The van der Waals surface area contributed by atoms with Crippen LogP contribution in [0, 0.1) is 13.8 Å². The molecule has 7 nitrogen and oxygen atoms in total. The summed E-state index contributed by atoms with van der Waals surface area (Å²) in [5.74, 6) is 1.35. The number of aromatic nitrogens is 2. The Morgan fingerprint density at radius 2 is 1.76 bits per heavy atom. The zero-order valence-corrected chi connectivity index (χ0v) is 21.4. The average molecular weight is 530 g/mol. The molecule has 174 valence electrons. The van der Waals surface area contributed by atoms with Gasteiger partial charge in [-0.15, -0.1) is 0 Å². The van der Waals surface area contributed by atoms with Gasteiger partial charge in [-0.25, -0.2) is 13.4 Å². The van der Waals surface area contributed by atoms with E-state index < -0.39 is 9.84 Å². The van der Waals surface area contributed by atoms with E-state index in [9.17, 15) is 8.42 Å². The number of halogens is 1. The minimum atomic E-state index is -3.21. The molecule has 1 aliphatic heterocycles. The number of anilines is 4. The van der Waals surface area contributed by atoms with Crippen molar-refractivity contribution in [3.8, 4) is 0 Å². The quantitative estimate of drug-likeness (QED) is 0.460. The van der Waals surface area contributed by atoms with Gasteiger partial charge < -0.3 is 15.5 Å². The summed E-state index contributed by atoms with van der Waals surface area (Å²) in [6, 6.07) is 13.4. The molecule has 1 saturated heterocycles.